The Hall–Kier alpha value is -0.200. The molecule has 2 atom stereocenters. The third-order valence-electron chi connectivity index (χ3n) is 1.77. The van der Waals surface area contributed by atoms with Crippen LogP contribution in [0.3, 0.4) is 0 Å². The standard InChI is InChI=1S/C7H11NOS/c1-9-7(4-8)6-2-3-10-5-6/h6-7H,2-3,5H2,1H3. The molecule has 0 amide bonds. The van der Waals surface area contributed by atoms with Crippen molar-refractivity contribution >= 4 is 11.8 Å². The van der Waals surface area contributed by atoms with Crippen molar-refractivity contribution in [2.75, 3.05) is 18.6 Å². The zero-order chi connectivity index (χ0) is 7.40. The Morgan fingerprint density at radius 1 is 1.80 bits per heavy atom. The molecule has 2 unspecified atom stereocenters. The number of hydrogen-bond donors (Lipinski definition) is 0. The molecule has 0 bridgehead atoms. The fourth-order valence-electron chi connectivity index (χ4n) is 1.14. The topological polar surface area (TPSA) is 33.0 Å². The van der Waals surface area contributed by atoms with Gasteiger partial charge < -0.3 is 4.74 Å². The van der Waals surface area contributed by atoms with Gasteiger partial charge in [-0.3, -0.25) is 0 Å². The van der Waals surface area contributed by atoms with Crippen molar-refractivity contribution < 1.29 is 4.74 Å². The molecule has 0 radical (unpaired) electrons. The maximum absolute atomic E-state index is 8.60. The van der Waals surface area contributed by atoms with Crippen LogP contribution in [-0.2, 0) is 4.74 Å². The van der Waals surface area contributed by atoms with Crippen LogP contribution >= 0.6 is 11.8 Å². The molecule has 0 aromatic rings. The SMILES string of the molecule is COC(C#N)C1CCSC1. The molecule has 10 heavy (non-hydrogen) atoms. The molecular formula is C7H11NOS. The maximum Gasteiger partial charge on any atom is 0.147 e. The molecule has 1 rings (SSSR count). The molecule has 3 heteroatoms. The summed E-state index contributed by atoms with van der Waals surface area (Å²) in [5.74, 6) is 2.75. The lowest BCUT2D eigenvalue weighted by Crippen LogP contribution is -2.20. The van der Waals surface area contributed by atoms with E-state index in [-0.39, 0.29) is 6.10 Å². The minimum atomic E-state index is -0.171. The summed E-state index contributed by atoms with van der Waals surface area (Å²) >= 11 is 1.91. The third-order valence-corrected chi connectivity index (χ3v) is 2.96. The summed E-state index contributed by atoms with van der Waals surface area (Å²) in [5.41, 5.74) is 0. The molecule has 1 fully saturated rings. The van der Waals surface area contributed by atoms with Crippen LogP contribution in [0.4, 0.5) is 0 Å². The Morgan fingerprint density at radius 3 is 3.00 bits per heavy atom. The zero-order valence-electron chi connectivity index (χ0n) is 6.04. The summed E-state index contributed by atoms with van der Waals surface area (Å²) in [7, 11) is 1.61. The van der Waals surface area contributed by atoms with E-state index in [2.05, 4.69) is 6.07 Å². The minimum absolute atomic E-state index is 0.171. The van der Waals surface area contributed by atoms with Gasteiger partial charge in [0.25, 0.3) is 0 Å². The summed E-state index contributed by atoms with van der Waals surface area (Å²) in [6.45, 7) is 0. The van der Waals surface area contributed by atoms with Gasteiger partial charge in [0.15, 0.2) is 0 Å². The quantitative estimate of drug-likeness (QED) is 0.605. The lowest BCUT2D eigenvalue weighted by molar-refractivity contribution is 0.105. The molecule has 1 aliphatic heterocycles. The number of thioether (sulfide) groups is 1. The van der Waals surface area contributed by atoms with Crippen molar-refractivity contribution in [3.05, 3.63) is 0 Å². The van der Waals surface area contributed by atoms with Gasteiger partial charge >= 0.3 is 0 Å². The van der Waals surface area contributed by atoms with Crippen LogP contribution in [0.15, 0.2) is 0 Å². The average Bonchev–Trinajstić information content (AvgIpc) is 2.43. The highest BCUT2D eigenvalue weighted by Gasteiger charge is 2.24. The summed E-state index contributed by atoms with van der Waals surface area (Å²) in [6, 6.07) is 2.16. The number of ether oxygens (including phenoxy) is 1. The van der Waals surface area contributed by atoms with Crippen LogP contribution in [0.2, 0.25) is 0 Å². The largest absolute Gasteiger partial charge is 0.366 e. The normalized spacial score (nSPS) is 27.8. The Kier molecular flexibility index (Phi) is 3.04. The Bertz CT molecular complexity index is 137. The van der Waals surface area contributed by atoms with Crippen LogP contribution in [-0.4, -0.2) is 24.7 Å². The van der Waals surface area contributed by atoms with E-state index in [1.54, 1.807) is 7.11 Å². The van der Waals surface area contributed by atoms with E-state index in [1.807, 2.05) is 11.8 Å². The number of methoxy groups -OCH3 is 1. The van der Waals surface area contributed by atoms with Gasteiger partial charge in [-0.25, -0.2) is 0 Å². The first-order valence-corrected chi connectivity index (χ1v) is 4.54. The van der Waals surface area contributed by atoms with Gasteiger partial charge in [0.05, 0.1) is 6.07 Å². The highest BCUT2D eigenvalue weighted by atomic mass is 32.2. The second-order valence-electron chi connectivity index (χ2n) is 2.41. The van der Waals surface area contributed by atoms with Crippen LogP contribution in [0.5, 0.6) is 0 Å². The van der Waals surface area contributed by atoms with Crippen molar-refractivity contribution in [3.63, 3.8) is 0 Å². The fourth-order valence-corrected chi connectivity index (χ4v) is 2.42. The Balaban J connectivity index is 2.38. The summed E-state index contributed by atoms with van der Waals surface area (Å²) < 4.78 is 5.01. The first-order valence-electron chi connectivity index (χ1n) is 3.38. The van der Waals surface area contributed by atoms with Crippen molar-refractivity contribution in [1.29, 1.82) is 5.26 Å². The molecule has 1 heterocycles. The molecule has 1 saturated heterocycles. The number of nitriles is 1. The number of nitrogens with zero attached hydrogens (tertiary/aromatic N) is 1. The van der Waals surface area contributed by atoms with Gasteiger partial charge in [-0.05, 0) is 17.9 Å². The highest BCUT2D eigenvalue weighted by Crippen LogP contribution is 2.26. The fraction of sp³-hybridized carbons (Fsp3) is 0.857. The number of rotatable bonds is 2. The number of hydrogen-bond acceptors (Lipinski definition) is 3. The molecular weight excluding hydrogens is 146 g/mol. The molecule has 0 aromatic heterocycles. The summed E-state index contributed by atoms with van der Waals surface area (Å²) in [5, 5.41) is 8.60. The van der Waals surface area contributed by atoms with E-state index in [1.165, 1.54) is 5.75 Å². The van der Waals surface area contributed by atoms with Gasteiger partial charge in [0.1, 0.15) is 6.10 Å². The molecule has 56 valence electrons. The van der Waals surface area contributed by atoms with E-state index < -0.39 is 0 Å². The monoisotopic (exact) mass is 157 g/mol. The van der Waals surface area contributed by atoms with Crippen LogP contribution in [0, 0.1) is 17.2 Å². The Labute approximate surface area is 65.6 Å². The minimum Gasteiger partial charge on any atom is -0.366 e. The van der Waals surface area contributed by atoms with Crippen molar-refractivity contribution in [3.8, 4) is 6.07 Å². The highest BCUT2D eigenvalue weighted by molar-refractivity contribution is 7.99. The molecule has 1 aliphatic rings. The first-order chi connectivity index (χ1) is 4.88. The van der Waals surface area contributed by atoms with Crippen LogP contribution in [0.25, 0.3) is 0 Å². The van der Waals surface area contributed by atoms with Crippen molar-refractivity contribution in [2.24, 2.45) is 5.92 Å². The predicted octanol–water partition coefficient (Wildman–Crippen LogP) is 1.28. The first kappa shape index (κ1) is 7.90. The maximum atomic E-state index is 8.60. The van der Waals surface area contributed by atoms with Gasteiger partial charge in [0, 0.05) is 13.0 Å². The molecule has 0 saturated carbocycles. The average molecular weight is 157 g/mol. The van der Waals surface area contributed by atoms with E-state index >= 15 is 0 Å². The van der Waals surface area contributed by atoms with Crippen molar-refractivity contribution in [2.45, 2.75) is 12.5 Å². The third kappa shape index (κ3) is 1.65. The van der Waals surface area contributed by atoms with Gasteiger partial charge in [-0.15, -0.1) is 0 Å². The molecule has 0 aliphatic carbocycles. The Morgan fingerprint density at radius 2 is 2.60 bits per heavy atom. The van der Waals surface area contributed by atoms with E-state index in [0.29, 0.717) is 5.92 Å². The smallest absolute Gasteiger partial charge is 0.147 e. The molecule has 0 N–H and O–H groups in total. The lowest BCUT2D eigenvalue weighted by Gasteiger charge is -2.12. The van der Waals surface area contributed by atoms with Crippen molar-refractivity contribution in [1.82, 2.24) is 0 Å². The molecule has 2 nitrogen and oxygen atoms in total. The zero-order valence-corrected chi connectivity index (χ0v) is 6.86. The predicted molar refractivity (Wildman–Crippen MR) is 41.8 cm³/mol. The van der Waals surface area contributed by atoms with Gasteiger partial charge in [-0.2, -0.15) is 17.0 Å². The van der Waals surface area contributed by atoms with E-state index in [0.717, 1.165) is 12.2 Å². The molecule has 0 aromatic carbocycles. The van der Waals surface area contributed by atoms with Gasteiger partial charge in [0.2, 0.25) is 0 Å². The molecule has 0 spiro atoms. The summed E-state index contributed by atoms with van der Waals surface area (Å²) in [4.78, 5) is 0. The summed E-state index contributed by atoms with van der Waals surface area (Å²) in [6.07, 6.45) is 0.964. The van der Waals surface area contributed by atoms with E-state index in [4.69, 9.17) is 10.00 Å². The van der Waals surface area contributed by atoms with Gasteiger partial charge in [-0.1, -0.05) is 0 Å². The van der Waals surface area contributed by atoms with Crippen LogP contribution < -0.4 is 0 Å². The second kappa shape index (κ2) is 3.85. The second-order valence-corrected chi connectivity index (χ2v) is 3.56. The van der Waals surface area contributed by atoms with Crippen LogP contribution in [0.1, 0.15) is 6.42 Å². The van der Waals surface area contributed by atoms with E-state index in [9.17, 15) is 0 Å². The lowest BCUT2D eigenvalue weighted by atomic mass is 10.0.